The second kappa shape index (κ2) is 14.5. The minimum Gasteiger partial charge on any atom is -0.493 e. The summed E-state index contributed by atoms with van der Waals surface area (Å²) in [6.07, 6.45) is 4.25. The molecular formula is C38H35N5O5. The van der Waals surface area contributed by atoms with E-state index in [1.807, 2.05) is 66.7 Å². The van der Waals surface area contributed by atoms with Crippen molar-refractivity contribution in [2.75, 3.05) is 46.6 Å². The minimum absolute atomic E-state index is 0.0530. The molecule has 10 heteroatoms. The molecule has 0 amide bonds. The van der Waals surface area contributed by atoms with Gasteiger partial charge in [0.1, 0.15) is 11.5 Å². The molecule has 1 saturated heterocycles. The number of pyridine rings is 2. The van der Waals surface area contributed by atoms with Crippen molar-refractivity contribution in [1.29, 1.82) is 0 Å². The van der Waals surface area contributed by atoms with Gasteiger partial charge in [0.2, 0.25) is 5.78 Å². The normalized spacial score (nSPS) is 13.4. The van der Waals surface area contributed by atoms with Gasteiger partial charge in [-0.15, -0.1) is 0 Å². The van der Waals surface area contributed by atoms with Gasteiger partial charge in [0.15, 0.2) is 17.3 Å². The van der Waals surface area contributed by atoms with Crippen molar-refractivity contribution in [1.82, 2.24) is 24.8 Å². The zero-order chi connectivity index (χ0) is 32.7. The number of para-hydroxylation sites is 1. The molecule has 48 heavy (non-hydrogen) atoms. The first-order chi connectivity index (χ1) is 23.6. The maximum atomic E-state index is 13.4. The molecule has 0 radical (unpaired) electrons. The zero-order valence-corrected chi connectivity index (χ0v) is 26.7. The minimum atomic E-state index is -0.217. The molecule has 7 rings (SSSR count). The molecular weight excluding hydrogens is 606 g/mol. The quantitative estimate of drug-likeness (QED) is 0.108. The van der Waals surface area contributed by atoms with Crippen molar-refractivity contribution < 1.29 is 23.7 Å². The molecule has 6 aromatic rings. The Morgan fingerprint density at radius 1 is 0.833 bits per heavy atom. The van der Waals surface area contributed by atoms with Crippen LogP contribution in [-0.4, -0.2) is 77.2 Å². The van der Waals surface area contributed by atoms with E-state index in [0.717, 1.165) is 72.3 Å². The lowest BCUT2D eigenvalue weighted by Crippen LogP contribution is -2.37. The topological polar surface area (TPSA) is 109 Å². The average molecular weight is 642 g/mol. The van der Waals surface area contributed by atoms with Gasteiger partial charge in [0.25, 0.3) is 0 Å². The maximum absolute atomic E-state index is 13.4. The van der Waals surface area contributed by atoms with Crippen molar-refractivity contribution in [3.8, 4) is 34.3 Å². The van der Waals surface area contributed by atoms with Gasteiger partial charge in [-0.1, -0.05) is 48.5 Å². The molecule has 10 nitrogen and oxygen atoms in total. The third kappa shape index (κ3) is 7.10. The van der Waals surface area contributed by atoms with Gasteiger partial charge in [-0.05, 0) is 36.8 Å². The van der Waals surface area contributed by atoms with E-state index in [9.17, 15) is 4.79 Å². The number of carbonyl (C=O) groups excluding carboxylic acids is 1. The Bertz CT molecular complexity index is 2030. The number of hydrogen-bond acceptors (Lipinski definition) is 10. The third-order valence-corrected chi connectivity index (χ3v) is 8.23. The largest absolute Gasteiger partial charge is 0.493 e. The number of benzene rings is 3. The number of Topliss-reactive ketones (excluding diaryl/α,β-unsaturated/α-hetero) is 1. The molecule has 0 aliphatic carbocycles. The lowest BCUT2D eigenvalue weighted by Gasteiger charge is -2.26. The summed E-state index contributed by atoms with van der Waals surface area (Å²) in [5.74, 6) is 2.30. The summed E-state index contributed by atoms with van der Waals surface area (Å²) in [5.41, 5.74) is 3.67. The monoisotopic (exact) mass is 641 g/mol. The molecule has 1 aliphatic heterocycles. The first-order valence-electron chi connectivity index (χ1n) is 16.0. The smallest absolute Gasteiger partial charge is 0.206 e. The van der Waals surface area contributed by atoms with E-state index in [4.69, 9.17) is 18.9 Å². The summed E-state index contributed by atoms with van der Waals surface area (Å²) in [6, 6.07) is 26.6. The lowest BCUT2D eigenvalue weighted by atomic mass is 10.1. The second-order valence-corrected chi connectivity index (χ2v) is 11.5. The summed E-state index contributed by atoms with van der Waals surface area (Å²) in [4.78, 5) is 34.1. The molecule has 4 heterocycles. The highest BCUT2D eigenvalue weighted by Crippen LogP contribution is 2.37. The molecule has 3 aromatic carbocycles. The first kappa shape index (κ1) is 31.2. The van der Waals surface area contributed by atoms with E-state index in [1.54, 1.807) is 37.7 Å². The third-order valence-electron chi connectivity index (χ3n) is 8.23. The molecule has 0 N–H and O–H groups in total. The fraction of sp³-hybridized carbons (Fsp3) is 0.237. The van der Waals surface area contributed by atoms with Crippen LogP contribution in [0.5, 0.6) is 23.0 Å². The van der Waals surface area contributed by atoms with Crippen molar-refractivity contribution in [3.05, 3.63) is 109 Å². The zero-order valence-electron chi connectivity index (χ0n) is 26.7. The van der Waals surface area contributed by atoms with Crippen molar-refractivity contribution in [3.63, 3.8) is 0 Å². The number of ketones is 1. The maximum Gasteiger partial charge on any atom is 0.206 e. The fourth-order valence-corrected chi connectivity index (χ4v) is 5.75. The van der Waals surface area contributed by atoms with Crippen LogP contribution in [0, 0.1) is 0 Å². The van der Waals surface area contributed by atoms with Crippen LogP contribution < -0.4 is 14.2 Å². The molecule has 242 valence electrons. The number of fused-ring (bicyclic) bond motifs is 2. The van der Waals surface area contributed by atoms with Crippen LogP contribution in [0.4, 0.5) is 0 Å². The number of carbonyl (C=O) groups is 1. The molecule has 1 fully saturated rings. The Hall–Kier alpha value is -5.45. The Kier molecular flexibility index (Phi) is 9.44. The summed E-state index contributed by atoms with van der Waals surface area (Å²) in [5, 5.41) is 1.67. The summed E-state index contributed by atoms with van der Waals surface area (Å²) >= 11 is 0. The SMILES string of the molecule is COc1cc2c(Oc3ccc(CC(=O)c4nc(-c5ccccc5)c5ccccc5n4)nc3)ccnc2cc1OCCCN1CCOCC1. The molecule has 3 aromatic heterocycles. The van der Waals surface area contributed by atoms with Gasteiger partial charge < -0.3 is 18.9 Å². The highest BCUT2D eigenvalue weighted by Gasteiger charge is 2.17. The van der Waals surface area contributed by atoms with Gasteiger partial charge in [0, 0.05) is 53.9 Å². The number of hydrogen-bond donors (Lipinski definition) is 0. The average Bonchev–Trinajstić information content (AvgIpc) is 3.14. The number of aromatic nitrogens is 4. The summed E-state index contributed by atoms with van der Waals surface area (Å²) < 4.78 is 23.4. The predicted molar refractivity (Wildman–Crippen MR) is 183 cm³/mol. The van der Waals surface area contributed by atoms with Gasteiger partial charge in [-0.25, -0.2) is 9.97 Å². The van der Waals surface area contributed by atoms with Crippen LogP contribution in [0.3, 0.4) is 0 Å². The van der Waals surface area contributed by atoms with Crippen LogP contribution in [-0.2, 0) is 11.2 Å². The first-order valence-corrected chi connectivity index (χ1v) is 16.0. The summed E-state index contributed by atoms with van der Waals surface area (Å²) in [6.45, 7) is 5.01. The van der Waals surface area contributed by atoms with Gasteiger partial charge in [-0.3, -0.25) is 19.7 Å². The molecule has 0 saturated carbocycles. The predicted octanol–water partition coefficient (Wildman–Crippen LogP) is 6.57. The number of nitrogens with zero attached hydrogens (tertiary/aromatic N) is 5. The summed E-state index contributed by atoms with van der Waals surface area (Å²) in [7, 11) is 1.62. The van der Waals surface area contributed by atoms with E-state index in [-0.39, 0.29) is 18.0 Å². The van der Waals surface area contributed by atoms with E-state index in [1.165, 1.54) is 0 Å². The molecule has 1 aliphatic rings. The van der Waals surface area contributed by atoms with Gasteiger partial charge in [0.05, 0.1) is 56.3 Å². The molecule has 0 atom stereocenters. The van der Waals surface area contributed by atoms with E-state index >= 15 is 0 Å². The number of ether oxygens (including phenoxy) is 4. The molecule has 0 unspecified atom stereocenters. The van der Waals surface area contributed by atoms with Crippen LogP contribution in [0.25, 0.3) is 33.1 Å². The number of rotatable bonds is 12. The van der Waals surface area contributed by atoms with Crippen LogP contribution in [0.2, 0.25) is 0 Å². The second-order valence-electron chi connectivity index (χ2n) is 11.5. The van der Waals surface area contributed by atoms with Crippen molar-refractivity contribution in [2.24, 2.45) is 0 Å². The molecule has 0 bridgehead atoms. The highest BCUT2D eigenvalue weighted by atomic mass is 16.5. The van der Waals surface area contributed by atoms with Crippen LogP contribution >= 0.6 is 0 Å². The Morgan fingerprint density at radius 3 is 2.48 bits per heavy atom. The van der Waals surface area contributed by atoms with E-state index in [2.05, 4.69) is 24.8 Å². The number of methoxy groups -OCH3 is 1. The standard InChI is InChI=1S/C38H35N5O5/c1-45-35-23-30-32(24-36(35)47-19-7-16-43-17-20-46-21-18-43)39-15-14-34(30)48-28-13-12-27(40-25-28)22-33(44)38-41-31-11-6-5-10-29(31)37(42-38)26-8-3-2-4-9-26/h2-6,8-15,23-25H,7,16-22H2,1H3. The van der Waals surface area contributed by atoms with E-state index in [0.29, 0.717) is 35.3 Å². The van der Waals surface area contributed by atoms with Gasteiger partial charge in [-0.2, -0.15) is 0 Å². The van der Waals surface area contributed by atoms with E-state index < -0.39 is 0 Å². The molecule has 0 spiro atoms. The van der Waals surface area contributed by atoms with Gasteiger partial charge >= 0.3 is 0 Å². The van der Waals surface area contributed by atoms with Crippen LogP contribution in [0.1, 0.15) is 22.7 Å². The Balaban J connectivity index is 1.03. The van der Waals surface area contributed by atoms with Crippen molar-refractivity contribution in [2.45, 2.75) is 12.8 Å². The Morgan fingerprint density at radius 2 is 1.67 bits per heavy atom. The highest BCUT2D eigenvalue weighted by molar-refractivity contribution is 5.99. The lowest BCUT2D eigenvalue weighted by molar-refractivity contribution is 0.0357. The fourth-order valence-electron chi connectivity index (χ4n) is 5.75. The van der Waals surface area contributed by atoms with Crippen LogP contribution in [0.15, 0.2) is 97.3 Å². The number of morpholine rings is 1. The Labute approximate surface area is 278 Å². The van der Waals surface area contributed by atoms with Crippen molar-refractivity contribution >= 4 is 27.6 Å².